The normalized spacial score (nSPS) is 12.3. The van der Waals surface area contributed by atoms with E-state index in [0.29, 0.717) is 0 Å². The summed E-state index contributed by atoms with van der Waals surface area (Å²) >= 11 is 0. The second-order valence-corrected chi connectivity index (χ2v) is 9.54. The molecule has 9 aromatic rings. The van der Waals surface area contributed by atoms with Crippen molar-refractivity contribution in [3.05, 3.63) is 109 Å². The summed E-state index contributed by atoms with van der Waals surface area (Å²) in [6.45, 7) is 0. The van der Waals surface area contributed by atoms with E-state index in [1.807, 2.05) is 36.4 Å². The van der Waals surface area contributed by atoms with E-state index in [2.05, 4.69) is 77.4 Å². The fourth-order valence-corrected chi connectivity index (χ4v) is 6.02. The standard InChI is InChI=1S/C33H18N2O2/c1-5-13-24-21(10-1)31(33-30(34-24)23-12-4-8-16-28(23)37-33)35-25-14-6-2-11-22(25)29-26(35)18-17-20-19-9-3-7-15-27(19)36-32(20)29/h1-18H. The van der Waals surface area contributed by atoms with Crippen LogP contribution < -0.4 is 0 Å². The molecule has 0 amide bonds. The molecule has 37 heavy (non-hydrogen) atoms. The summed E-state index contributed by atoms with van der Waals surface area (Å²) < 4.78 is 15.4. The van der Waals surface area contributed by atoms with Crippen molar-refractivity contribution in [2.45, 2.75) is 0 Å². The van der Waals surface area contributed by atoms with Crippen LogP contribution in [0.4, 0.5) is 0 Å². The second-order valence-electron chi connectivity index (χ2n) is 9.54. The van der Waals surface area contributed by atoms with E-state index in [1.54, 1.807) is 0 Å². The van der Waals surface area contributed by atoms with E-state index < -0.39 is 0 Å². The number of nitrogens with zero attached hydrogens (tertiary/aromatic N) is 2. The highest BCUT2D eigenvalue weighted by Crippen LogP contribution is 2.43. The molecule has 4 aromatic heterocycles. The van der Waals surface area contributed by atoms with Gasteiger partial charge >= 0.3 is 0 Å². The topological polar surface area (TPSA) is 44.1 Å². The van der Waals surface area contributed by atoms with Crippen molar-refractivity contribution in [3.63, 3.8) is 0 Å². The van der Waals surface area contributed by atoms with Crippen LogP contribution in [0.15, 0.2) is 118 Å². The summed E-state index contributed by atoms with van der Waals surface area (Å²) in [5.41, 5.74) is 8.42. The number of hydrogen-bond acceptors (Lipinski definition) is 3. The molecule has 4 heterocycles. The number of rotatable bonds is 1. The van der Waals surface area contributed by atoms with Gasteiger partial charge in [0.05, 0.1) is 21.9 Å². The molecule has 0 N–H and O–H groups in total. The molecule has 4 heteroatoms. The van der Waals surface area contributed by atoms with E-state index >= 15 is 0 Å². The minimum absolute atomic E-state index is 0.784. The van der Waals surface area contributed by atoms with Crippen LogP contribution in [0.3, 0.4) is 0 Å². The molecule has 5 aromatic carbocycles. The molecular formula is C33H18N2O2. The Labute approximate surface area is 209 Å². The Morgan fingerprint density at radius 1 is 0.486 bits per heavy atom. The molecule has 9 rings (SSSR count). The van der Waals surface area contributed by atoms with Crippen LogP contribution in [0.1, 0.15) is 0 Å². The largest absolute Gasteiger partial charge is 0.455 e. The fraction of sp³-hybridized carbons (Fsp3) is 0. The SMILES string of the molecule is c1ccc2c(-n3c4ccccc4c4c5oc6ccccc6c5ccc43)c3oc4ccccc4c3nc2c1. The third kappa shape index (κ3) is 2.39. The van der Waals surface area contributed by atoms with E-state index in [4.69, 9.17) is 13.8 Å². The van der Waals surface area contributed by atoms with E-state index in [0.717, 1.165) is 82.4 Å². The molecule has 0 fully saturated rings. The van der Waals surface area contributed by atoms with Crippen molar-refractivity contribution < 1.29 is 8.83 Å². The number of fused-ring (bicyclic) bond motifs is 11. The number of para-hydroxylation sites is 4. The van der Waals surface area contributed by atoms with Crippen LogP contribution >= 0.6 is 0 Å². The molecule has 0 aliphatic rings. The monoisotopic (exact) mass is 474 g/mol. The quantitative estimate of drug-likeness (QED) is 0.238. The van der Waals surface area contributed by atoms with E-state index in [9.17, 15) is 0 Å². The molecule has 0 aliphatic carbocycles. The first kappa shape index (κ1) is 19.1. The molecule has 0 saturated heterocycles. The van der Waals surface area contributed by atoms with Crippen LogP contribution in [-0.4, -0.2) is 9.55 Å². The average Bonchev–Trinajstić information content (AvgIpc) is 3.61. The van der Waals surface area contributed by atoms with Crippen LogP contribution in [0, 0.1) is 0 Å². The van der Waals surface area contributed by atoms with Gasteiger partial charge in [0.25, 0.3) is 0 Å². The summed E-state index contributed by atoms with van der Waals surface area (Å²) in [6, 6.07) is 37.6. The molecule has 172 valence electrons. The van der Waals surface area contributed by atoms with Crippen molar-refractivity contribution in [2.24, 2.45) is 0 Å². The first-order valence-electron chi connectivity index (χ1n) is 12.4. The van der Waals surface area contributed by atoms with Gasteiger partial charge < -0.3 is 13.4 Å². The number of pyridine rings is 1. The summed E-state index contributed by atoms with van der Waals surface area (Å²) in [6.07, 6.45) is 0. The maximum atomic E-state index is 6.54. The number of furan rings is 2. The summed E-state index contributed by atoms with van der Waals surface area (Å²) in [5.74, 6) is 0. The van der Waals surface area contributed by atoms with Gasteiger partial charge in [-0.05, 0) is 42.5 Å². The predicted octanol–water partition coefficient (Wildman–Crippen LogP) is 9.13. The molecule has 0 bridgehead atoms. The van der Waals surface area contributed by atoms with Crippen LogP contribution in [0.25, 0.3) is 82.4 Å². The fourth-order valence-electron chi connectivity index (χ4n) is 6.02. The van der Waals surface area contributed by atoms with Crippen molar-refractivity contribution in [3.8, 4) is 5.69 Å². The van der Waals surface area contributed by atoms with Gasteiger partial charge in [-0.15, -0.1) is 0 Å². The smallest absolute Gasteiger partial charge is 0.178 e. The van der Waals surface area contributed by atoms with Crippen LogP contribution in [-0.2, 0) is 0 Å². The van der Waals surface area contributed by atoms with Gasteiger partial charge in [-0.2, -0.15) is 0 Å². The lowest BCUT2D eigenvalue weighted by atomic mass is 10.1. The Kier molecular flexibility index (Phi) is 3.50. The van der Waals surface area contributed by atoms with Gasteiger partial charge in [0.15, 0.2) is 5.58 Å². The Balaban J connectivity index is 1.56. The maximum Gasteiger partial charge on any atom is 0.178 e. The number of hydrogen-bond donors (Lipinski definition) is 0. The van der Waals surface area contributed by atoms with Gasteiger partial charge in [0, 0.05) is 26.9 Å². The van der Waals surface area contributed by atoms with E-state index in [-0.39, 0.29) is 0 Å². The Hall–Kier alpha value is -5.09. The third-order valence-electron chi connectivity index (χ3n) is 7.58. The van der Waals surface area contributed by atoms with E-state index in [1.165, 1.54) is 0 Å². The van der Waals surface area contributed by atoms with Gasteiger partial charge in [-0.25, -0.2) is 4.98 Å². The van der Waals surface area contributed by atoms with Gasteiger partial charge in [-0.1, -0.05) is 66.7 Å². The zero-order valence-corrected chi connectivity index (χ0v) is 19.6. The zero-order valence-electron chi connectivity index (χ0n) is 19.6. The predicted molar refractivity (Wildman–Crippen MR) is 151 cm³/mol. The third-order valence-corrected chi connectivity index (χ3v) is 7.58. The van der Waals surface area contributed by atoms with Crippen molar-refractivity contribution in [2.75, 3.05) is 0 Å². The molecule has 0 radical (unpaired) electrons. The van der Waals surface area contributed by atoms with Gasteiger partial charge in [0.2, 0.25) is 0 Å². The maximum absolute atomic E-state index is 6.54. The Morgan fingerprint density at radius 2 is 1.14 bits per heavy atom. The lowest BCUT2D eigenvalue weighted by Crippen LogP contribution is -1.97. The molecule has 0 atom stereocenters. The van der Waals surface area contributed by atoms with Gasteiger partial charge in [0.1, 0.15) is 28.0 Å². The molecule has 0 saturated carbocycles. The summed E-state index contributed by atoms with van der Waals surface area (Å²) in [4.78, 5) is 5.05. The first-order chi connectivity index (χ1) is 18.4. The molecular weight excluding hydrogens is 456 g/mol. The zero-order chi connectivity index (χ0) is 24.1. The Bertz CT molecular complexity index is 2370. The lowest BCUT2D eigenvalue weighted by Gasteiger charge is -2.12. The number of benzene rings is 5. The molecule has 4 nitrogen and oxygen atoms in total. The van der Waals surface area contributed by atoms with Crippen molar-refractivity contribution in [1.82, 2.24) is 9.55 Å². The minimum Gasteiger partial charge on any atom is -0.455 e. The van der Waals surface area contributed by atoms with Crippen LogP contribution in [0.2, 0.25) is 0 Å². The first-order valence-corrected chi connectivity index (χ1v) is 12.4. The van der Waals surface area contributed by atoms with Crippen molar-refractivity contribution in [1.29, 1.82) is 0 Å². The van der Waals surface area contributed by atoms with Gasteiger partial charge in [-0.3, -0.25) is 0 Å². The highest BCUT2D eigenvalue weighted by Gasteiger charge is 2.23. The molecule has 0 spiro atoms. The highest BCUT2D eigenvalue weighted by molar-refractivity contribution is 6.25. The Morgan fingerprint density at radius 3 is 2.00 bits per heavy atom. The molecule has 0 unspecified atom stereocenters. The van der Waals surface area contributed by atoms with Crippen molar-refractivity contribution >= 4 is 76.7 Å². The minimum atomic E-state index is 0.784. The summed E-state index contributed by atoms with van der Waals surface area (Å²) in [7, 11) is 0. The lowest BCUT2D eigenvalue weighted by molar-refractivity contribution is 0.666. The summed E-state index contributed by atoms with van der Waals surface area (Å²) in [5, 5.41) is 6.57. The second kappa shape index (κ2) is 6.77. The number of aromatic nitrogens is 2. The molecule has 0 aliphatic heterocycles. The highest BCUT2D eigenvalue weighted by atomic mass is 16.3. The van der Waals surface area contributed by atoms with Crippen LogP contribution in [0.5, 0.6) is 0 Å². The average molecular weight is 475 g/mol.